The van der Waals surface area contributed by atoms with Crippen molar-refractivity contribution in [1.29, 1.82) is 0 Å². The molecule has 1 aliphatic heterocycles. The molecule has 1 fully saturated rings. The maximum atomic E-state index is 12.6. The van der Waals surface area contributed by atoms with Gasteiger partial charge in [0, 0.05) is 17.1 Å². The lowest BCUT2D eigenvalue weighted by Crippen LogP contribution is -2.47. The molecule has 1 heterocycles. The van der Waals surface area contributed by atoms with E-state index in [0.29, 0.717) is 36.9 Å². The smallest absolute Gasteiger partial charge is 0.254 e. The summed E-state index contributed by atoms with van der Waals surface area (Å²) in [5.74, 6) is 1.50. The van der Waals surface area contributed by atoms with Crippen molar-refractivity contribution in [3.63, 3.8) is 0 Å². The quantitative estimate of drug-likeness (QED) is 0.820. The highest BCUT2D eigenvalue weighted by Crippen LogP contribution is 2.18. The monoisotopic (exact) mass is 361 g/mol. The number of carbonyl (C=O) groups excluding carboxylic acids is 1. The van der Waals surface area contributed by atoms with Crippen molar-refractivity contribution in [2.75, 3.05) is 33.4 Å². The zero-order valence-electron chi connectivity index (χ0n) is 14.0. The summed E-state index contributed by atoms with van der Waals surface area (Å²) in [4.78, 5) is 14.4. The second kappa shape index (κ2) is 8.23. The third kappa shape index (κ3) is 4.65. The molecule has 0 N–H and O–H groups in total. The first-order chi connectivity index (χ1) is 12.2. The van der Waals surface area contributed by atoms with Gasteiger partial charge in [-0.15, -0.1) is 0 Å². The first-order valence-electron chi connectivity index (χ1n) is 8.09. The molecule has 3 rings (SSSR count). The van der Waals surface area contributed by atoms with Crippen LogP contribution in [-0.4, -0.2) is 50.3 Å². The van der Waals surface area contributed by atoms with Gasteiger partial charge in [-0.2, -0.15) is 0 Å². The van der Waals surface area contributed by atoms with Crippen molar-refractivity contribution >= 4 is 17.5 Å². The minimum Gasteiger partial charge on any atom is -0.497 e. The zero-order chi connectivity index (χ0) is 17.6. The van der Waals surface area contributed by atoms with E-state index in [4.69, 9.17) is 25.8 Å². The maximum absolute atomic E-state index is 12.6. The molecule has 0 spiro atoms. The molecule has 0 aromatic heterocycles. The summed E-state index contributed by atoms with van der Waals surface area (Å²) < 4.78 is 16.6. The van der Waals surface area contributed by atoms with Gasteiger partial charge < -0.3 is 19.1 Å². The number of halogens is 1. The van der Waals surface area contributed by atoms with Crippen LogP contribution in [0.25, 0.3) is 0 Å². The van der Waals surface area contributed by atoms with Crippen LogP contribution in [0, 0.1) is 0 Å². The SMILES string of the molecule is COc1ccc(OC[C@@H]2CN(C(=O)c3ccc(Cl)cc3)CCO2)cc1. The first kappa shape index (κ1) is 17.6. The van der Waals surface area contributed by atoms with E-state index < -0.39 is 0 Å². The van der Waals surface area contributed by atoms with Crippen molar-refractivity contribution < 1.29 is 19.0 Å². The average molecular weight is 362 g/mol. The van der Waals surface area contributed by atoms with E-state index in [9.17, 15) is 4.79 Å². The number of benzene rings is 2. The molecular formula is C19H20ClNO4. The fourth-order valence-electron chi connectivity index (χ4n) is 2.64. The topological polar surface area (TPSA) is 48.0 Å². The third-order valence-corrected chi connectivity index (χ3v) is 4.26. The molecule has 2 aromatic rings. The highest BCUT2D eigenvalue weighted by Gasteiger charge is 2.25. The fourth-order valence-corrected chi connectivity index (χ4v) is 2.77. The molecule has 6 heteroatoms. The fraction of sp³-hybridized carbons (Fsp3) is 0.316. The predicted octanol–water partition coefficient (Wildman–Crippen LogP) is 3.27. The van der Waals surface area contributed by atoms with Crippen LogP contribution in [0.3, 0.4) is 0 Å². The van der Waals surface area contributed by atoms with Crippen molar-refractivity contribution in [2.45, 2.75) is 6.10 Å². The van der Waals surface area contributed by atoms with Gasteiger partial charge in [0.25, 0.3) is 5.91 Å². The molecule has 0 radical (unpaired) electrons. The molecule has 1 saturated heterocycles. The summed E-state index contributed by atoms with van der Waals surface area (Å²) in [6.07, 6.45) is -0.160. The Labute approximate surface area is 152 Å². The van der Waals surface area contributed by atoms with Gasteiger partial charge >= 0.3 is 0 Å². The number of hydrogen-bond acceptors (Lipinski definition) is 4. The van der Waals surface area contributed by atoms with E-state index in [1.807, 2.05) is 24.3 Å². The molecule has 0 aliphatic carbocycles. The molecule has 0 bridgehead atoms. The molecule has 1 aliphatic rings. The van der Waals surface area contributed by atoms with Crippen LogP contribution in [0.5, 0.6) is 11.5 Å². The number of hydrogen-bond donors (Lipinski definition) is 0. The number of methoxy groups -OCH3 is 1. The van der Waals surface area contributed by atoms with E-state index in [1.165, 1.54) is 0 Å². The number of carbonyl (C=O) groups is 1. The lowest BCUT2D eigenvalue weighted by molar-refractivity contribution is -0.0401. The molecule has 1 atom stereocenters. The Hall–Kier alpha value is -2.24. The zero-order valence-corrected chi connectivity index (χ0v) is 14.7. The van der Waals surface area contributed by atoms with Crippen molar-refractivity contribution in [3.05, 3.63) is 59.1 Å². The number of nitrogens with zero attached hydrogens (tertiary/aromatic N) is 1. The summed E-state index contributed by atoms with van der Waals surface area (Å²) in [6.45, 7) is 1.95. The molecule has 1 amide bonds. The number of rotatable bonds is 5. The Kier molecular flexibility index (Phi) is 5.79. The largest absolute Gasteiger partial charge is 0.497 e. The Bertz CT molecular complexity index is 702. The van der Waals surface area contributed by atoms with Crippen molar-refractivity contribution in [2.24, 2.45) is 0 Å². The molecule has 5 nitrogen and oxygen atoms in total. The minimum absolute atomic E-state index is 0.0191. The van der Waals surface area contributed by atoms with Crippen LogP contribution < -0.4 is 9.47 Å². The van der Waals surface area contributed by atoms with Crippen LogP contribution >= 0.6 is 11.6 Å². The van der Waals surface area contributed by atoms with Gasteiger partial charge in [0.2, 0.25) is 0 Å². The summed E-state index contributed by atoms with van der Waals surface area (Å²) in [6, 6.07) is 14.3. The Morgan fingerprint density at radius 2 is 1.84 bits per heavy atom. The molecule has 0 unspecified atom stereocenters. The van der Waals surface area contributed by atoms with Crippen LogP contribution in [-0.2, 0) is 4.74 Å². The highest BCUT2D eigenvalue weighted by atomic mass is 35.5. The molecule has 2 aromatic carbocycles. The van der Waals surface area contributed by atoms with E-state index in [0.717, 1.165) is 11.5 Å². The van der Waals surface area contributed by atoms with Gasteiger partial charge in [-0.25, -0.2) is 0 Å². The van der Waals surface area contributed by atoms with E-state index in [-0.39, 0.29) is 12.0 Å². The van der Waals surface area contributed by atoms with E-state index in [2.05, 4.69) is 0 Å². The Morgan fingerprint density at radius 3 is 2.52 bits per heavy atom. The number of ether oxygens (including phenoxy) is 3. The summed E-state index contributed by atoms with van der Waals surface area (Å²) >= 11 is 5.87. The van der Waals surface area contributed by atoms with Gasteiger partial charge in [-0.3, -0.25) is 4.79 Å². The highest BCUT2D eigenvalue weighted by molar-refractivity contribution is 6.30. The molecule has 25 heavy (non-hydrogen) atoms. The molecular weight excluding hydrogens is 342 g/mol. The Morgan fingerprint density at radius 1 is 1.16 bits per heavy atom. The van der Waals surface area contributed by atoms with Gasteiger partial charge in [0.1, 0.15) is 24.2 Å². The number of amides is 1. The molecule has 132 valence electrons. The lowest BCUT2D eigenvalue weighted by atomic mass is 10.1. The maximum Gasteiger partial charge on any atom is 0.254 e. The predicted molar refractivity (Wildman–Crippen MR) is 95.6 cm³/mol. The Balaban J connectivity index is 1.55. The third-order valence-electron chi connectivity index (χ3n) is 4.01. The van der Waals surface area contributed by atoms with Gasteiger partial charge in [-0.05, 0) is 48.5 Å². The van der Waals surface area contributed by atoms with E-state index >= 15 is 0 Å². The van der Waals surface area contributed by atoms with E-state index in [1.54, 1.807) is 36.3 Å². The van der Waals surface area contributed by atoms with Crippen molar-refractivity contribution in [3.8, 4) is 11.5 Å². The van der Waals surface area contributed by atoms with Crippen LogP contribution in [0.2, 0.25) is 5.02 Å². The summed E-state index contributed by atoms with van der Waals surface area (Å²) in [5, 5.41) is 0.615. The van der Waals surface area contributed by atoms with Gasteiger partial charge in [0.05, 0.1) is 20.3 Å². The van der Waals surface area contributed by atoms with Crippen LogP contribution in [0.1, 0.15) is 10.4 Å². The summed E-state index contributed by atoms with van der Waals surface area (Å²) in [5.41, 5.74) is 0.626. The van der Waals surface area contributed by atoms with Crippen LogP contribution in [0.4, 0.5) is 0 Å². The standard InChI is InChI=1S/C19H20ClNO4/c1-23-16-6-8-17(9-7-16)25-13-18-12-21(10-11-24-18)19(22)14-2-4-15(20)5-3-14/h2-9,18H,10-13H2,1H3/t18-/m0/s1. The normalized spacial score (nSPS) is 17.2. The minimum atomic E-state index is -0.160. The van der Waals surface area contributed by atoms with Gasteiger partial charge in [-0.1, -0.05) is 11.6 Å². The van der Waals surface area contributed by atoms with Crippen LogP contribution in [0.15, 0.2) is 48.5 Å². The van der Waals surface area contributed by atoms with Gasteiger partial charge in [0.15, 0.2) is 0 Å². The number of morpholine rings is 1. The average Bonchev–Trinajstić information content (AvgIpc) is 2.67. The first-order valence-corrected chi connectivity index (χ1v) is 8.47. The summed E-state index contributed by atoms with van der Waals surface area (Å²) in [7, 11) is 1.62. The van der Waals surface area contributed by atoms with Crippen molar-refractivity contribution in [1.82, 2.24) is 4.90 Å². The lowest BCUT2D eigenvalue weighted by Gasteiger charge is -2.33. The molecule has 0 saturated carbocycles. The second-order valence-electron chi connectivity index (χ2n) is 5.74. The second-order valence-corrected chi connectivity index (χ2v) is 6.17.